The van der Waals surface area contributed by atoms with Crippen molar-refractivity contribution in [1.82, 2.24) is 9.13 Å². The molecule has 8 aromatic carbocycles. The molecule has 2 heterocycles. The molecule has 49 heavy (non-hydrogen) atoms. The Kier molecular flexibility index (Phi) is 5.21. The second-order valence-corrected chi connectivity index (χ2v) is 14.1. The van der Waals surface area contributed by atoms with Gasteiger partial charge in [-0.1, -0.05) is 123 Å². The monoisotopic (exact) mass is 624 g/mol. The second-order valence-electron chi connectivity index (χ2n) is 14.1. The summed E-state index contributed by atoms with van der Waals surface area (Å²) in [5.41, 5.74) is 12.7. The fraction of sp³-hybridized carbons (Fsp3) is 0.0638. The summed E-state index contributed by atoms with van der Waals surface area (Å²) in [6.07, 6.45) is 0. The Balaban J connectivity index is 1.32. The lowest BCUT2D eigenvalue weighted by atomic mass is 9.82. The summed E-state index contributed by atoms with van der Waals surface area (Å²) in [4.78, 5) is 0. The van der Waals surface area contributed by atoms with Crippen molar-refractivity contribution < 1.29 is 0 Å². The Bertz CT molecular complexity index is 3010. The van der Waals surface area contributed by atoms with E-state index < -0.39 is 0 Å². The molecule has 0 fully saturated rings. The number of rotatable bonds is 2. The third-order valence-corrected chi connectivity index (χ3v) is 11.2. The maximum absolute atomic E-state index is 2.53. The van der Waals surface area contributed by atoms with E-state index in [4.69, 9.17) is 0 Å². The highest BCUT2D eigenvalue weighted by atomic mass is 15.0. The van der Waals surface area contributed by atoms with Gasteiger partial charge in [-0.15, -0.1) is 0 Å². The minimum Gasteiger partial charge on any atom is -0.309 e. The van der Waals surface area contributed by atoms with Crippen LogP contribution in [0.2, 0.25) is 0 Å². The third-order valence-electron chi connectivity index (χ3n) is 11.2. The van der Waals surface area contributed by atoms with Gasteiger partial charge in [-0.3, -0.25) is 0 Å². The average Bonchev–Trinajstić information content (AvgIpc) is 3.75. The van der Waals surface area contributed by atoms with E-state index in [9.17, 15) is 0 Å². The number of aromatic nitrogens is 2. The van der Waals surface area contributed by atoms with E-state index in [0.29, 0.717) is 0 Å². The fourth-order valence-corrected chi connectivity index (χ4v) is 9.07. The first-order chi connectivity index (χ1) is 24.1. The summed E-state index contributed by atoms with van der Waals surface area (Å²) >= 11 is 0. The molecule has 0 saturated carbocycles. The summed E-state index contributed by atoms with van der Waals surface area (Å²) in [5, 5.41) is 10.3. The van der Waals surface area contributed by atoms with E-state index in [1.807, 2.05) is 0 Å². The molecule has 230 valence electrons. The topological polar surface area (TPSA) is 9.86 Å². The minimum atomic E-state index is -0.0798. The van der Waals surface area contributed by atoms with E-state index in [2.05, 4.69) is 181 Å². The highest BCUT2D eigenvalue weighted by molar-refractivity contribution is 6.36. The van der Waals surface area contributed by atoms with Crippen LogP contribution in [0.1, 0.15) is 25.0 Å². The van der Waals surface area contributed by atoms with Crippen LogP contribution >= 0.6 is 0 Å². The zero-order valence-corrected chi connectivity index (χ0v) is 27.4. The second kappa shape index (κ2) is 9.49. The van der Waals surface area contributed by atoms with Gasteiger partial charge in [0.1, 0.15) is 0 Å². The molecular formula is C47H32N2. The lowest BCUT2D eigenvalue weighted by Gasteiger charge is -2.22. The lowest BCUT2D eigenvalue weighted by molar-refractivity contribution is 0.661. The van der Waals surface area contributed by atoms with Crippen LogP contribution in [0.4, 0.5) is 0 Å². The van der Waals surface area contributed by atoms with Crippen molar-refractivity contribution in [2.75, 3.05) is 0 Å². The van der Waals surface area contributed by atoms with E-state index in [-0.39, 0.29) is 5.41 Å². The van der Waals surface area contributed by atoms with Crippen LogP contribution in [-0.2, 0) is 5.41 Å². The van der Waals surface area contributed by atoms with Gasteiger partial charge >= 0.3 is 0 Å². The number of hydrogen-bond acceptors (Lipinski definition) is 0. The molecule has 10 aromatic rings. The summed E-state index contributed by atoms with van der Waals surface area (Å²) < 4.78 is 5.02. The normalized spacial score (nSPS) is 13.7. The number of benzene rings is 8. The summed E-state index contributed by atoms with van der Waals surface area (Å²) in [7, 11) is 0. The summed E-state index contributed by atoms with van der Waals surface area (Å²) in [6, 6.07) is 58.5. The predicted octanol–water partition coefficient (Wildman–Crippen LogP) is 12.5. The van der Waals surface area contributed by atoms with E-state index >= 15 is 0 Å². The van der Waals surface area contributed by atoms with Crippen LogP contribution in [0.5, 0.6) is 0 Å². The molecule has 0 unspecified atom stereocenters. The molecule has 2 aromatic heterocycles. The van der Waals surface area contributed by atoms with Gasteiger partial charge in [0.25, 0.3) is 0 Å². The van der Waals surface area contributed by atoms with Crippen LogP contribution in [-0.4, -0.2) is 9.13 Å². The van der Waals surface area contributed by atoms with E-state index in [0.717, 1.165) is 0 Å². The third kappa shape index (κ3) is 3.45. The molecule has 1 aliphatic carbocycles. The van der Waals surface area contributed by atoms with Crippen LogP contribution in [0.3, 0.4) is 0 Å². The molecule has 0 atom stereocenters. The molecule has 0 aliphatic heterocycles. The summed E-state index contributed by atoms with van der Waals surface area (Å²) in [5.74, 6) is 0. The Hall–Kier alpha value is -6.12. The van der Waals surface area contributed by atoms with Crippen molar-refractivity contribution in [3.8, 4) is 22.5 Å². The predicted molar refractivity (Wildman–Crippen MR) is 208 cm³/mol. The van der Waals surface area contributed by atoms with Crippen LogP contribution in [0, 0.1) is 0 Å². The average molecular weight is 625 g/mol. The maximum atomic E-state index is 2.53. The number of nitrogens with zero attached hydrogens (tertiary/aromatic N) is 2. The molecular weight excluding hydrogens is 593 g/mol. The molecule has 2 heteroatoms. The molecule has 0 N–H and O–H groups in total. The molecule has 0 amide bonds. The van der Waals surface area contributed by atoms with Gasteiger partial charge in [0.05, 0.1) is 22.1 Å². The first kappa shape index (κ1) is 26.9. The largest absolute Gasteiger partial charge is 0.309 e. The Labute approximate surface area is 284 Å². The fourth-order valence-electron chi connectivity index (χ4n) is 9.07. The number of fused-ring (bicyclic) bond motifs is 14. The van der Waals surface area contributed by atoms with Gasteiger partial charge in [0.2, 0.25) is 0 Å². The highest BCUT2D eigenvalue weighted by Crippen LogP contribution is 2.52. The Morgan fingerprint density at radius 3 is 1.67 bits per heavy atom. The van der Waals surface area contributed by atoms with Gasteiger partial charge in [0, 0.05) is 43.7 Å². The molecule has 0 saturated heterocycles. The number of para-hydroxylation sites is 3. The van der Waals surface area contributed by atoms with Crippen molar-refractivity contribution in [2.24, 2.45) is 0 Å². The highest BCUT2D eigenvalue weighted by Gasteiger charge is 2.36. The molecule has 0 radical (unpaired) electrons. The van der Waals surface area contributed by atoms with Gasteiger partial charge < -0.3 is 9.13 Å². The Morgan fingerprint density at radius 1 is 0.388 bits per heavy atom. The first-order valence-corrected chi connectivity index (χ1v) is 17.2. The SMILES string of the molecule is CC1(C)c2ccc(-n3c4ccccc4c4c3c3ccccc3c3c5ccccc5n(-c5ccccc5)c34)cc2-c2cc3ccccc3cc21. The number of hydrogen-bond donors (Lipinski definition) is 0. The molecule has 0 bridgehead atoms. The standard InChI is InChI=1S/C47H32N2/c1-47(2)39-25-24-32(28-38(39)37-26-29-14-6-7-15-30(29)27-40(37)47)49-42-23-13-11-21-36(42)44-45(49)34-19-9-8-18-33(34)43-35-20-10-12-22-41(35)48(46(43)44)31-16-4-3-5-17-31/h3-28H,1-2H3. The molecule has 2 nitrogen and oxygen atoms in total. The van der Waals surface area contributed by atoms with Crippen molar-refractivity contribution in [1.29, 1.82) is 0 Å². The van der Waals surface area contributed by atoms with Crippen molar-refractivity contribution >= 4 is 65.2 Å². The van der Waals surface area contributed by atoms with E-state index in [1.54, 1.807) is 0 Å². The van der Waals surface area contributed by atoms with Crippen LogP contribution < -0.4 is 0 Å². The molecule has 1 aliphatic rings. The van der Waals surface area contributed by atoms with Crippen molar-refractivity contribution in [3.63, 3.8) is 0 Å². The quantitative estimate of drug-likeness (QED) is 0.181. The molecule has 11 rings (SSSR count). The smallest absolute Gasteiger partial charge is 0.0647 e. The van der Waals surface area contributed by atoms with Gasteiger partial charge in [-0.25, -0.2) is 0 Å². The van der Waals surface area contributed by atoms with Crippen LogP contribution in [0.25, 0.3) is 87.7 Å². The van der Waals surface area contributed by atoms with Crippen molar-refractivity contribution in [2.45, 2.75) is 19.3 Å². The minimum absolute atomic E-state index is 0.0798. The van der Waals surface area contributed by atoms with Gasteiger partial charge in [-0.05, 0) is 86.9 Å². The lowest BCUT2D eigenvalue weighted by Crippen LogP contribution is -2.15. The van der Waals surface area contributed by atoms with Crippen molar-refractivity contribution in [3.05, 3.63) is 169 Å². The molecule has 0 spiro atoms. The van der Waals surface area contributed by atoms with Crippen LogP contribution in [0.15, 0.2) is 158 Å². The maximum Gasteiger partial charge on any atom is 0.0647 e. The van der Waals surface area contributed by atoms with E-state index in [1.165, 1.54) is 98.8 Å². The first-order valence-electron chi connectivity index (χ1n) is 17.2. The van der Waals surface area contributed by atoms with Gasteiger partial charge in [0.15, 0.2) is 0 Å². The summed E-state index contributed by atoms with van der Waals surface area (Å²) in [6.45, 7) is 4.75. The van der Waals surface area contributed by atoms with Gasteiger partial charge in [-0.2, -0.15) is 0 Å². The zero-order valence-electron chi connectivity index (χ0n) is 27.4. The zero-order chi connectivity index (χ0) is 32.4. The Morgan fingerprint density at radius 2 is 0.939 bits per heavy atom.